The Morgan fingerprint density at radius 2 is 1.67 bits per heavy atom. The molecule has 0 aromatic heterocycles. The summed E-state index contributed by atoms with van der Waals surface area (Å²) < 4.78 is 10.2. The number of benzene rings is 1. The summed E-state index contributed by atoms with van der Waals surface area (Å²) in [6.45, 7) is 3.69. The monoisotopic (exact) mass is 211 g/mol. The van der Waals surface area contributed by atoms with E-state index in [1.165, 1.54) is 7.11 Å². The minimum absolute atomic E-state index is 0.0619. The number of ether oxygens (including phenoxy) is 2. The number of aromatic hydroxyl groups is 1. The molecule has 0 aliphatic rings. The minimum atomic E-state index is -0.574. The van der Waals surface area contributed by atoms with Gasteiger partial charge in [0.2, 0.25) is 0 Å². The summed E-state index contributed by atoms with van der Waals surface area (Å²) in [6, 6.07) is 3.19. The van der Waals surface area contributed by atoms with Gasteiger partial charge in [-0.05, 0) is 19.9 Å². The van der Waals surface area contributed by atoms with E-state index in [2.05, 4.69) is 0 Å². The first kappa shape index (κ1) is 11.7. The van der Waals surface area contributed by atoms with E-state index in [9.17, 15) is 5.11 Å². The lowest BCUT2D eigenvalue weighted by atomic mass is 9.94. The highest BCUT2D eigenvalue weighted by Gasteiger charge is 2.21. The van der Waals surface area contributed by atoms with Gasteiger partial charge in [-0.15, -0.1) is 0 Å². The van der Waals surface area contributed by atoms with Crippen molar-refractivity contribution < 1.29 is 14.6 Å². The van der Waals surface area contributed by atoms with Crippen LogP contribution in [-0.4, -0.2) is 19.3 Å². The van der Waals surface area contributed by atoms with Crippen LogP contribution in [0.15, 0.2) is 12.1 Å². The highest BCUT2D eigenvalue weighted by molar-refractivity contribution is 5.52. The summed E-state index contributed by atoms with van der Waals surface area (Å²) in [5, 5.41) is 9.64. The molecule has 84 valence electrons. The summed E-state index contributed by atoms with van der Waals surface area (Å²) in [6.07, 6.45) is 0. The summed E-state index contributed by atoms with van der Waals surface area (Å²) in [7, 11) is 3.04. The number of phenolic OH excluding ortho intramolecular Hbond substituents is 1. The van der Waals surface area contributed by atoms with Crippen molar-refractivity contribution in [3.05, 3.63) is 17.7 Å². The summed E-state index contributed by atoms with van der Waals surface area (Å²) >= 11 is 0. The maximum atomic E-state index is 9.64. The first-order valence-corrected chi connectivity index (χ1v) is 4.64. The second-order valence-corrected chi connectivity index (χ2v) is 3.95. The molecule has 0 atom stereocenters. The highest BCUT2D eigenvalue weighted by atomic mass is 16.5. The van der Waals surface area contributed by atoms with Crippen LogP contribution in [0.3, 0.4) is 0 Å². The molecule has 3 N–H and O–H groups in total. The lowest BCUT2D eigenvalue weighted by molar-refractivity contribution is 0.356. The van der Waals surface area contributed by atoms with Crippen LogP contribution in [0.2, 0.25) is 0 Å². The van der Waals surface area contributed by atoms with Crippen LogP contribution in [0.4, 0.5) is 0 Å². The van der Waals surface area contributed by atoms with Crippen LogP contribution < -0.4 is 15.2 Å². The summed E-state index contributed by atoms with van der Waals surface area (Å²) in [5.41, 5.74) is 6.13. The zero-order valence-corrected chi connectivity index (χ0v) is 9.50. The molecule has 0 radical (unpaired) electrons. The molecular weight excluding hydrogens is 194 g/mol. The number of phenols is 1. The van der Waals surface area contributed by atoms with Crippen LogP contribution in [0, 0.1) is 0 Å². The molecule has 0 fully saturated rings. The Bertz CT molecular complexity index is 356. The maximum absolute atomic E-state index is 9.64. The van der Waals surface area contributed by atoms with Gasteiger partial charge in [-0.1, -0.05) is 0 Å². The van der Waals surface area contributed by atoms with Crippen molar-refractivity contribution in [1.82, 2.24) is 0 Å². The van der Waals surface area contributed by atoms with Crippen LogP contribution in [0.5, 0.6) is 17.2 Å². The average Bonchev–Trinajstić information content (AvgIpc) is 2.16. The van der Waals surface area contributed by atoms with Crippen molar-refractivity contribution in [2.24, 2.45) is 5.73 Å². The van der Waals surface area contributed by atoms with Gasteiger partial charge in [0.1, 0.15) is 5.75 Å². The highest BCUT2D eigenvalue weighted by Crippen LogP contribution is 2.37. The molecular formula is C11H17NO3. The molecule has 1 rings (SSSR count). The Morgan fingerprint density at radius 3 is 2.07 bits per heavy atom. The molecule has 0 heterocycles. The van der Waals surface area contributed by atoms with Gasteiger partial charge in [0.15, 0.2) is 11.5 Å². The Labute approximate surface area is 89.6 Å². The fraction of sp³-hybridized carbons (Fsp3) is 0.455. The zero-order chi connectivity index (χ0) is 11.6. The largest absolute Gasteiger partial charge is 0.504 e. The third-order valence-corrected chi connectivity index (χ3v) is 2.20. The Hall–Kier alpha value is -1.42. The van der Waals surface area contributed by atoms with Crippen molar-refractivity contribution >= 4 is 0 Å². The molecule has 0 amide bonds. The number of hydrogen-bond donors (Lipinski definition) is 2. The number of methoxy groups -OCH3 is 2. The summed E-state index contributed by atoms with van der Waals surface area (Å²) in [4.78, 5) is 0. The van der Waals surface area contributed by atoms with E-state index in [1.807, 2.05) is 13.8 Å². The van der Waals surface area contributed by atoms with Gasteiger partial charge in [-0.25, -0.2) is 0 Å². The second kappa shape index (κ2) is 3.98. The van der Waals surface area contributed by atoms with Crippen molar-refractivity contribution in [3.63, 3.8) is 0 Å². The third-order valence-electron chi connectivity index (χ3n) is 2.20. The molecule has 4 nitrogen and oxygen atoms in total. The van der Waals surface area contributed by atoms with Gasteiger partial charge in [-0.3, -0.25) is 0 Å². The van der Waals surface area contributed by atoms with E-state index in [1.54, 1.807) is 19.2 Å². The molecule has 0 unspecified atom stereocenters. The Morgan fingerprint density at radius 1 is 1.13 bits per heavy atom. The van der Waals surface area contributed by atoms with E-state index < -0.39 is 5.54 Å². The van der Waals surface area contributed by atoms with E-state index in [-0.39, 0.29) is 5.75 Å². The molecule has 0 saturated carbocycles. The number of nitrogens with two attached hydrogens (primary N) is 1. The fourth-order valence-electron chi connectivity index (χ4n) is 1.39. The molecule has 0 spiro atoms. The van der Waals surface area contributed by atoms with Crippen LogP contribution in [0.25, 0.3) is 0 Å². The SMILES string of the molecule is COc1cc(OC)c(C(C)(C)N)cc1O. The van der Waals surface area contributed by atoms with E-state index in [0.29, 0.717) is 11.5 Å². The summed E-state index contributed by atoms with van der Waals surface area (Å²) in [5.74, 6) is 1.05. The van der Waals surface area contributed by atoms with Crippen molar-refractivity contribution in [1.29, 1.82) is 0 Å². The number of rotatable bonds is 3. The molecule has 4 heteroatoms. The molecule has 0 saturated heterocycles. The lowest BCUT2D eigenvalue weighted by Gasteiger charge is -2.22. The Kier molecular flexibility index (Phi) is 3.09. The molecule has 0 bridgehead atoms. The van der Waals surface area contributed by atoms with Crippen LogP contribution >= 0.6 is 0 Å². The van der Waals surface area contributed by atoms with Gasteiger partial charge in [-0.2, -0.15) is 0 Å². The number of hydrogen-bond acceptors (Lipinski definition) is 4. The van der Waals surface area contributed by atoms with Gasteiger partial charge >= 0.3 is 0 Å². The van der Waals surface area contributed by atoms with Gasteiger partial charge in [0, 0.05) is 17.2 Å². The Balaban J connectivity index is 3.34. The molecule has 1 aromatic rings. The van der Waals surface area contributed by atoms with E-state index in [4.69, 9.17) is 15.2 Å². The lowest BCUT2D eigenvalue weighted by Crippen LogP contribution is -2.29. The molecule has 1 aromatic carbocycles. The predicted molar refractivity (Wildman–Crippen MR) is 58.4 cm³/mol. The van der Waals surface area contributed by atoms with Crippen molar-refractivity contribution in [3.8, 4) is 17.2 Å². The molecule has 0 aliphatic heterocycles. The first-order chi connectivity index (χ1) is 6.90. The van der Waals surface area contributed by atoms with Crippen molar-refractivity contribution in [2.45, 2.75) is 19.4 Å². The van der Waals surface area contributed by atoms with E-state index in [0.717, 1.165) is 5.56 Å². The maximum Gasteiger partial charge on any atom is 0.164 e. The van der Waals surface area contributed by atoms with Gasteiger partial charge in [0.25, 0.3) is 0 Å². The first-order valence-electron chi connectivity index (χ1n) is 4.64. The average molecular weight is 211 g/mol. The topological polar surface area (TPSA) is 64.7 Å². The molecule has 15 heavy (non-hydrogen) atoms. The van der Waals surface area contributed by atoms with Gasteiger partial charge in [0.05, 0.1) is 14.2 Å². The quantitative estimate of drug-likeness (QED) is 0.797. The predicted octanol–water partition coefficient (Wildman–Crippen LogP) is 1.60. The zero-order valence-electron chi connectivity index (χ0n) is 9.50. The van der Waals surface area contributed by atoms with Crippen LogP contribution in [0.1, 0.15) is 19.4 Å². The standard InChI is InChI=1S/C11H17NO3/c1-11(2,12)7-5-8(13)10(15-4)6-9(7)14-3/h5-6,13H,12H2,1-4H3. The van der Waals surface area contributed by atoms with Crippen molar-refractivity contribution in [2.75, 3.05) is 14.2 Å². The van der Waals surface area contributed by atoms with Gasteiger partial charge < -0.3 is 20.3 Å². The normalized spacial score (nSPS) is 11.3. The fourth-order valence-corrected chi connectivity index (χ4v) is 1.39. The molecule has 0 aliphatic carbocycles. The van der Waals surface area contributed by atoms with Crippen LogP contribution in [-0.2, 0) is 5.54 Å². The second-order valence-electron chi connectivity index (χ2n) is 3.95. The smallest absolute Gasteiger partial charge is 0.164 e. The third kappa shape index (κ3) is 2.33. The van der Waals surface area contributed by atoms with E-state index >= 15 is 0 Å². The minimum Gasteiger partial charge on any atom is -0.504 e.